The fourth-order valence-corrected chi connectivity index (χ4v) is 3.54. The first-order valence-electron chi connectivity index (χ1n) is 7.00. The third kappa shape index (κ3) is 5.06. The van der Waals surface area contributed by atoms with Crippen molar-refractivity contribution in [2.75, 3.05) is 18.9 Å². The molecule has 0 saturated heterocycles. The van der Waals surface area contributed by atoms with Gasteiger partial charge in [-0.15, -0.1) is 11.8 Å². The summed E-state index contributed by atoms with van der Waals surface area (Å²) in [7, 11) is 0. The van der Waals surface area contributed by atoms with Gasteiger partial charge in [0.15, 0.2) is 0 Å². The van der Waals surface area contributed by atoms with E-state index in [1.54, 1.807) is 0 Å². The normalized spacial score (nSPS) is 10.6. The smallest absolute Gasteiger partial charge is 0.125 e. The Morgan fingerprint density at radius 1 is 1.19 bits per heavy atom. The third-order valence-electron chi connectivity index (χ3n) is 3.07. The zero-order valence-corrected chi connectivity index (χ0v) is 14.5. The molecule has 2 N–H and O–H groups in total. The molecule has 0 unspecified atom stereocenters. The Bertz CT molecular complexity index is 575. The highest BCUT2D eigenvalue weighted by molar-refractivity contribution is 9.10. The first kappa shape index (κ1) is 16.4. The van der Waals surface area contributed by atoms with Crippen LogP contribution in [-0.4, -0.2) is 18.9 Å². The molecule has 0 fully saturated rings. The topological polar surface area (TPSA) is 35.2 Å². The quantitative estimate of drug-likeness (QED) is 0.582. The van der Waals surface area contributed by atoms with Crippen LogP contribution < -0.4 is 10.5 Å². The van der Waals surface area contributed by atoms with Crippen LogP contribution in [0.1, 0.15) is 11.1 Å². The zero-order chi connectivity index (χ0) is 15.1. The van der Waals surface area contributed by atoms with Gasteiger partial charge in [0.05, 0.1) is 6.61 Å². The molecule has 2 rings (SSSR count). The number of halogens is 1. The molecule has 4 heteroatoms. The highest BCUT2D eigenvalue weighted by atomic mass is 79.9. The summed E-state index contributed by atoms with van der Waals surface area (Å²) in [5.74, 6) is 1.92. The van der Waals surface area contributed by atoms with Crippen LogP contribution in [0.5, 0.6) is 5.75 Å². The Kier molecular flexibility index (Phi) is 6.61. The van der Waals surface area contributed by atoms with Gasteiger partial charge in [0.2, 0.25) is 0 Å². The molecular weight excluding hydrogens is 346 g/mol. The minimum Gasteiger partial charge on any atom is -0.492 e. The van der Waals surface area contributed by atoms with Gasteiger partial charge in [0.25, 0.3) is 0 Å². The fourth-order valence-electron chi connectivity index (χ4n) is 2.17. The largest absolute Gasteiger partial charge is 0.492 e. The maximum atomic E-state index is 6.00. The van der Waals surface area contributed by atoms with Crippen molar-refractivity contribution in [3.63, 3.8) is 0 Å². The summed E-state index contributed by atoms with van der Waals surface area (Å²) < 4.78 is 7.08. The Labute approximate surface area is 139 Å². The number of thioether (sulfide) groups is 1. The average Bonchev–Trinajstić information content (AvgIpc) is 2.47. The summed E-state index contributed by atoms with van der Waals surface area (Å²) in [6, 6.07) is 14.6. The van der Waals surface area contributed by atoms with Crippen molar-refractivity contribution in [1.29, 1.82) is 0 Å². The van der Waals surface area contributed by atoms with Crippen LogP contribution in [0.3, 0.4) is 0 Å². The molecule has 112 valence electrons. The van der Waals surface area contributed by atoms with Gasteiger partial charge in [-0.25, -0.2) is 0 Å². The van der Waals surface area contributed by atoms with Gasteiger partial charge in [0, 0.05) is 15.1 Å². The Hall–Kier alpha value is -0.970. The van der Waals surface area contributed by atoms with Crippen LogP contribution in [0.25, 0.3) is 0 Å². The van der Waals surface area contributed by atoms with E-state index >= 15 is 0 Å². The van der Waals surface area contributed by atoms with E-state index in [4.69, 9.17) is 10.5 Å². The molecule has 0 saturated carbocycles. The molecule has 0 aliphatic rings. The summed E-state index contributed by atoms with van der Waals surface area (Å²) in [5.41, 5.74) is 8.01. The van der Waals surface area contributed by atoms with Gasteiger partial charge in [-0.1, -0.05) is 34.1 Å². The molecule has 0 heterocycles. The van der Waals surface area contributed by atoms with E-state index in [1.807, 2.05) is 17.8 Å². The summed E-state index contributed by atoms with van der Waals surface area (Å²) in [5, 5.41) is 0. The van der Waals surface area contributed by atoms with E-state index in [0.717, 1.165) is 28.0 Å². The monoisotopic (exact) mass is 365 g/mol. The lowest BCUT2D eigenvalue weighted by Gasteiger charge is -2.14. The first-order valence-corrected chi connectivity index (χ1v) is 8.78. The second-order valence-corrected chi connectivity index (χ2v) is 6.84. The van der Waals surface area contributed by atoms with Crippen LogP contribution in [-0.2, 0) is 6.42 Å². The molecule has 2 aromatic rings. The van der Waals surface area contributed by atoms with Crippen molar-refractivity contribution in [2.24, 2.45) is 5.73 Å². The van der Waals surface area contributed by atoms with Gasteiger partial charge in [0.1, 0.15) is 5.75 Å². The minimum atomic E-state index is 0.630. The highest BCUT2D eigenvalue weighted by Crippen LogP contribution is 2.29. The SMILES string of the molecule is Cc1cc(Br)cc(CCN)c1OCCSc1ccccc1. The van der Waals surface area contributed by atoms with E-state index in [0.29, 0.717) is 13.2 Å². The molecule has 0 spiro atoms. The summed E-state index contributed by atoms with van der Waals surface area (Å²) in [6.45, 7) is 3.40. The Morgan fingerprint density at radius 2 is 1.95 bits per heavy atom. The summed E-state index contributed by atoms with van der Waals surface area (Å²) >= 11 is 5.34. The first-order chi connectivity index (χ1) is 10.2. The predicted octanol–water partition coefficient (Wildman–Crippen LogP) is 4.43. The molecule has 0 aromatic heterocycles. The molecular formula is C17H20BrNOS. The van der Waals surface area contributed by atoms with Crippen LogP contribution in [0.15, 0.2) is 51.8 Å². The number of ether oxygens (including phenoxy) is 1. The third-order valence-corrected chi connectivity index (χ3v) is 4.51. The van der Waals surface area contributed by atoms with E-state index in [-0.39, 0.29) is 0 Å². The lowest BCUT2D eigenvalue weighted by Crippen LogP contribution is -2.08. The minimum absolute atomic E-state index is 0.630. The number of hydrogen-bond acceptors (Lipinski definition) is 3. The molecule has 0 aliphatic carbocycles. The average molecular weight is 366 g/mol. The second-order valence-electron chi connectivity index (χ2n) is 4.76. The lowest BCUT2D eigenvalue weighted by atomic mass is 10.1. The number of nitrogens with two attached hydrogens (primary N) is 1. The van der Waals surface area contributed by atoms with Crippen molar-refractivity contribution in [2.45, 2.75) is 18.2 Å². The van der Waals surface area contributed by atoms with Gasteiger partial charge >= 0.3 is 0 Å². The number of rotatable bonds is 7. The zero-order valence-electron chi connectivity index (χ0n) is 12.1. The van der Waals surface area contributed by atoms with Crippen molar-refractivity contribution in [3.8, 4) is 5.75 Å². The fraction of sp³-hybridized carbons (Fsp3) is 0.294. The van der Waals surface area contributed by atoms with Crippen molar-refractivity contribution in [3.05, 3.63) is 58.1 Å². The standard InChI is InChI=1S/C17H20BrNOS/c1-13-11-15(18)12-14(7-8-19)17(13)20-9-10-21-16-5-3-2-4-6-16/h2-6,11-12H,7-10,19H2,1H3. The van der Waals surface area contributed by atoms with Crippen molar-refractivity contribution in [1.82, 2.24) is 0 Å². The number of benzene rings is 2. The Balaban J connectivity index is 1.93. The van der Waals surface area contributed by atoms with E-state index in [2.05, 4.69) is 59.3 Å². The number of aryl methyl sites for hydroxylation is 1. The molecule has 2 nitrogen and oxygen atoms in total. The molecule has 0 amide bonds. The molecule has 0 radical (unpaired) electrons. The molecule has 0 bridgehead atoms. The highest BCUT2D eigenvalue weighted by Gasteiger charge is 2.08. The van der Waals surface area contributed by atoms with Gasteiger partial charge in [-0.2, -0.15) is 0 Å². The summed E-state index contributed by atoms with van der Waals surface area (Å²) in [4.78, 5) is 1.27. The number of hydrogen-bond donors (Lipinski definition) is 1. The van der Waals surface area contributed by atoms with Crippen LogP contribution in [0.4, 0.5) is 0 Å². The van der Waals surface area contributed by atoms with Crippen LogP contribution >= 0.6 is 27.7 Å². The van der Waals surface area contributed by atoms with E-state index in [9.17, 15) is 0 Å². The van der Waals surface area contributed by atoms with Gasteiger partial charge < -0.3 is 10.5 Å². The molecule has 21 heavy (non-hydrogen) atoms. The van der Waals surface area contributed by atoms with Gasteiger partial charge in [-0.05, 0) is 55.3 Å². The van der Waals surface area contributed by atoms with Crippen molar-refractivity contribution < 1.29 is 4.74 Å². The van der Waals surface area contributed by atoms with Crippen LogP contribution in [0, 0.1) is 6.92 Å². The lowest BCUT2D eigenvalue weighted by molar-refractivity contribution is 0.337. The molecule has 0 aliphatic heterocycles. The maximum Gasteiger partial charge on any atom is 0.125 e. The van der Waals surface area contributed by atoms with Crippen molar-refractivity contribution >= 4 is 27.7 Å². The van der Waals surface area contributed by atoms with Gasteiger partial charge in [-0.3, -0.25) is 0 Å². The molecule has 0 atom stereocenters. The predicted molar refractivity (Wildman–Crippen MR) is 94.3 cm³/mol. The van der Waals surface area contributed by atoms with E-state index in [1.165, 1.54) is 10.5 Å². The van der Waals surface area contributed by atoms with Crippen LogP contribution in [0.2, 0.25) is 0 Å². The van der Waals surface area contributed by atoms with E-state index < -0.39 is 0 Å². The summed E-state index contributed by atoms with van der Waals surface area (Å²) in [6.07, 6.45) is 0.835. The Morgan fingerprint density at radius 3 is 2.67 bits per heavy atom. The maximum absolute atomic E-state index is 6.00. The second kappa shape index (κ2) is 8.47. The molecule has 2 aromatic carbocycles.